The molecule has 0 unspecified atom stereocenters. The lowest BCUT2D eigenvalue weighted by Crippen LogP contribution is -2.50. The van der Waals surface area contributed by atoms with E-state index in [4.69, 9.17) is 0 Å². The van der Waals surface area contributed by atoms with Crippen LogP contribution in [0.2, 0.25) is 0 Å². The molecule has 0 aromatic rings. The zero-order chi connectivity index (χ0) is 21.7. The van der Waals surface area contributed by atoms with Gasteiger partial charge in [0.25, 0.3) is 0 Å². The number of rotatable bonds is 5. The van der Waals surface area contributed by atoms with Crippen molar-refractivity contribution in [2.24, 2.45) is 40.4 Å². The van der Waals surface area contributed by atoms with Crippen molar-refractivity contribution in [1.82, 2.24) is 0 Å². The molecule has 0 bridgehead atoms. The molecule has 170 valence electrons. The smallest absolute Gasteiger partial charge is 0.0577 e. The van der Waals surface area contributed by atoms with Crippen LogP contribution in [0.1, 0.15) is 112 Å². The van der Waals surface area contributed by atoms with Gasteiger partial charge in [-0.25, -0.2) is 0 Å². The van der Waals surface area contributed by atoms with Gasteiger partial charge in [-0.05, 0) is 125 Å². The monoisotopic (exact) mass is 412 g/mol. The van der Waals surface area contributed by atoms with Crippen LogP contribution in [-0.4, -0.2) is 11.2 Å². The third-order valence-electron chi connectivity index (χ3n) is 11.1. The fraction of sp³-hybridized carbons (Fsp3) is 0.862. The third kappa shape index (κ3) is 3.66. The van der Waals surface area contributed by atoms with Crippen molar-refractivity contribution in [2.75, 3.05) is 0 Å². The normalized spacial score (nSPS) is 45.0. The van der Waals surface area contributed by atoms with Gasteiger partial charge in [0.1, 0.15) is 0 Å². The van der Waals surface area contributed by atoms with Crippen LogP contribution >= 0.6 is 0 Å². The first kappa shape index (κ1) is 22.6. The van der Waals surface area contributed by atoms with E-state index in [-0.39, 0.29) is 6.10 Å². The van der Waals surface area contributed by atoms with Gasteiger partial charge in [0, 0.05) is 0 Å². The predicted molar refractivity (Wildman–Crippen MR) is 128 cm³/mol. The Morgan fingerprint density at radius 1 is 1.07 bits per heavy atom. The van der Waals surface area contributed by atoms with Crippen LogP contribution in [0.4, 0.5) is 0 Å². The molecule has 0 aromatic heterocycles. The first-order valence-electron chi connectivity index (χ1n) is 13.2. The van der Waals surface area contributed by atoms with Crippen LogP contribution in [0.3, 0.4) is 0 Å². The molecule has 4 rings (SSSR count). The van der Waals surface area contributed by atoms with E-state index in [0.29, 0.717) is 10.8 Å². The molecule has 1 nitrogen and oxygen atoms in total. The lowest BCUT2D eigenvalue weighted by atomic mass is 9.47. The average molecular weight is 413 g/mol. The molecule has 3 fully saturated rings. The van der Waals surface area contributed by atoms with E-state index in [1.165, 1.54) is 57.8 Å². The fourth-order valence-electron chi connectivity index (χ4n) is 8.78. The van der Waals surface area contributed by atoms with Gasteiger partial charge < -0.3 is 5.11 Å². The minimum absolute atomic E-state index is 0.0831. The molecule has 0 aromatic carbocycles. The number of aliphatic hydroxyl groups excluding tert-OH is 1. The highest BCUT2D eigenvalue weighted by atomic mass is 16.3. The number of fused-ring (bicyclic) bond motifs is 5. The summed E-state index contributed by atoms with van der Waals surface area (Å²) in [7, 11) is 0. The maximum Gasteiger partial charge on any atom is 0.0577 e. The highest BCUT2D eigenvalue weighted by Crippen LogP contribution is 2.67. The molecule has 1 heteroatoms. The minimum Gasteiger partial charge on any atom is -0.393 e. The van der Waals surface area contributed by atoms with Crippen molar-refractivity contribution in [2.45, 2.75) is 118 Å². The number of hydrogen-bond acceptors (Lipinski definition) is 1. The summed E-state index contributed by atoms with van der Waals surface area (Å²) in [5, 5.41) is 10.2. The second kappa shape index (κ2) is 8.42. The molecule has 3 saturated carbocycles. The topological polar surface area (TPSA) is 20.2 Å². The molecule has 0 heterocycles. The largest absolute Gasteiger partial charge is 0.393 e. The van der Waals surface area contributed by atoms with Crippen LogP contribution < -0.4 is 0 Å². The SMILES string of the molecule is CC/C(C)=C(/C)CC[C@@H](C)[C@H]1CC[C@H]2[C@@H]3CC=C4C[C@@H](O)CC[C@]4(C)[C@H]3CC[C@]12C. The molecule has 1 N–H and O–H groups in total. The van der Waals surface area contributed by atoms with Crippen molar-refractivity contribution in [3.63, 3.8) is 0 Å². The lowest BCUT2D eigenvalue weighted by Gasteiger charge is -2.58. The summed E-state index contributed by atoms with van der Waals surface area (Å²) in [5.41, 5.74) is 5.81. The van der Waals surface area contributed by atoms with Crippen LogP contribution in [0, 0.1) is 40.4 Å². The van der Waals surface area contributed by atoms with Crippen molar-refractivity contribution >= 4 is 0 Å². The van der Waals surface area contributed by atoms with E-state index in [1.807, 2.05) is 0 Å². The number of hydrogen-bond donors (Lipinski definition) is 1. The Morgan fingerprint density at radius 3 is 2.57 bits per heavy atom. The maximum absolute atomic E-state index is 10.2. The molecule has 8 atom stereocenters. The van der Waals surface area contributed by atoms with E-state index < -0.39 is 0 Å². The van der Waals surface area contributed by atoms with Crippen LogP contribution in [0.5, 0.6) is 0 Å². The van der Waals surface area contributed by atoms with Crippen molar-refractivity contribution < 1.29 is 5.11 Å². The second-order valence-corrected chi connectivity index (χ2v) is 12.3. The maximum atomic E-state index is 10.2. The Morgan fingerprint density at radius 2 is 1.83 bits per heavy atom. The van der Waals surface area contributed by atoms with Crippen molar-refractivity contribution in [3.8, 4) is 0 Å². The first-order chi connectivity index (χ1) is 14.2. The molecule has 0 radical (unpaired) electrons. The number of aliphatic hydroxyl groups is 1. The summed E-state index contributed by atoms with van der Waals surface area (Å²) < 4.78 is 0. The Balaban J connectivity index is 1.49. The molecule has 30 heavy (non-hydrogen) atoms. The summed E-state index contributed by atoms with van der Waals surface area (Å²) in [4.78, 5) is 0. The summed E-state index contributed by atoms with van der Waals surface area (Å²) in [6.45, 7) is 14.8. The predicted octanol–water partition coefficient (Wildman–Crippen LogP) is 8.09. The summed E-state index contributed by atoms with van der Waals surface area (Å²) in [6.07, 6.45) is 16.7. The summed E-state index contributed by atoms with van der Waals surface area (Å²) in [5.74, 6) is 4.47. The zero-order valence-corrected chi connectivity index (χ0v) is 20.8. The molecule has 4 aliphatic rings. The van der Waals surface area contributed by atoms with Gasteiger partial charge in [-0.15, -0.1) is 0 Å². The second-order valence-electron chi connectivity index (χ2n) is 12.3. The number of allylic oxidation sites excluding steroid dienone is 3. The standard InChI is InChI=1S/C29H48O/c1-7-19(2)20(3)8-9-21(4)25-12-13-26-24-11-10-22-18-23(30)14-16-28(22,5)27(24)15-17-29(25,26)6/h10,21,23-27,30H,7-9,11-18H2,1-6H3/b20-19-/t21-,23+,24+,25-,26+,27+,28+,29-/m1/s1. The Hall–Kier alpha value is -0.560. The van der Waals surface area contributed by atoms with Gasteiger partial charge in [-0.3, -0.25) is 0 Å². The van der Waals surface area contributed by atoms with E-state index in [0.717, 1.165) is 42.4 Å². The molecular formula is C29H48O. The molecule has 0 aliphatic heterocycles. The molecule has 0 spiro atoms. The van der Waals surface area contributed by atoms with E-state index >= 15 is 0 Å². The summed E-state index contributed by atoms with van der Waals surface area (Å²) in [6, 6.07) is 0. The van der Waals surface area contributed by atoms with Crippen LogP contribution in [-0.2, 0) is 0 Å². The average Bonchev–Trinajstić information content (AvgIpc) is 3.09. The zero-order valence-electron chi connectivity index (χ0n) is 20.8. The van der Waals surface area contributed by atoms with Gasteiger partial charge in [0.05, 0.1) is 6.10 Å². The van der Waals surface area contributed by atoms with Crippen molar-refractivity contribution in [3.05, 3.63) is 22.8 Å². The lowest BCUT2D eigenvalue weighted by molar-refractivity contribution is -0.0571. The van der Waals surface area contributed by atoms with E-state index in [1.54, 1.807) is 16.7 Å². The Bertz CT molecular complexity index is 701. The minimum atomic E-state index is -0.0831. The highest BCUT2D eigenvalue weighted by Gasteiger charge is 2.59. The van der Waals surface area contributed by atoms with Crippen LogP contribution in [0.15, 0.2) is 22.8 Å². The molecule has 4 aliphatic carbocycles. The van der Waals surface area contributed by atoms with Gasteiger partial charge in [0.2, 0.25) is 0 Å². The van der Waals surface area contributed by atoms with E-state index in [9.17, 15) is 5.11 Å². The van der Waals surface area contributed by atoms with Gasteiger partial charge >= 0.3 is 0 Å². The fourth-order valence-corrected chi connectivity index (χ4v) is 8.78. The van der Waals surface area contributed by atoms with Gasteiger partial charge in [0.15, 0.2) is 0 Å². The third-order valence-corrected chi connectivity index (χ3v) is 11.1. The molecule has 0 saturated heterocycles. The first-order valence-corrected chi connectivity index (χ1v) is 13.2. The highest BCUT2D eigenvalue weighted by molar-refractivity contribution is 5.25. The summed E-state index contributed by atoms with van der Waals surface area (Å²) >= 11 is 0. The molecular weight excluding hydrogens is 364 g/mol. The van der Waals surface area contributed by atoms with Crippen molar-refractivity contribution in [1.29, 1.82) is 0 Å². The molecule has 0 amide bonds. The Kier molecular flexibility index (Phi) is 6.35. The van der Waals surface area contributed by atoms with E-state index in [2.05, 4.69) is 47.6 Å². The quantitative estimate of drug-likeness (QED) is 0.452. The van der Waals surface area contributed by atoms with Gasteiger partial charge in [-0.1, -0.05) is 50.5 Å². The van der Waals surface area contributed by atoms with Gasteiger partial charge in [-0.2, -0.15) is 0 Å². The van der Waals surface area contributed by atoms with Crippen LogP contribution in [0.25, 0.3) is 0 Å². The Labute approximate surface area is 186 Å².